The lowest BCUT2D eigenvalue weighted by Gasteiger charge is -2.14. The van der Waals surface area contributed by atoms with Gasteiger partial charge in [0.2, 0.25) is 11.7 Å². The summed E-state index contributed by atoms with van der Waals surface area (Å²) in [7, 11) is 0. The van der Waals surface area contributed by atoms with E-state index in [0.29, 0.717) is 37.0 Å². The summed E-state index contributed by atoms with van der Waals surface area (Å²) >= 11 is 0. The zero-order chi connectivity index (χ0) is 12.6. The van der Waals surface area contributed by atoms with Crippen LogP contribution in [-0.4, -0.2) is 28.3 Å². The van der Waals surface area contributed by atoms with Crippen LogP contribution in [0.15, 0.2) is 22.9 Å². The first kappa shape index (κ1) is 11.3. The Bertz CT molecular complexity index is 561. The Hall–Kier alpha value is -1.79. The van der Waals surface area contributed by atoms with Crippen molar-refractivity contribution < 1.29 is 9.26 Å². The van der Waals surface area contributed by atoms with Gasteiger partial charge in [0.25, 0.3) is 0 Å². The van der Waals surface area contributed by atoms with E-state index >= 15 is 0 Å². The van der Waals surface area contributed by atoms with Crippen LogP contribution in [0.1, 0.15) is 17.9 Å². The monoisotopic (exact) mass is 246 g/mol. The summed E-state index contributed by atoms with van der Waals surface area (Å²) in [5.41, 5.74) is 7.29. The summed E-state index contributed by atoms with van der Waals surface area (Å²) in [4.78, 5) is 8.55. The maximum Gasteiger partial charge on any atom is 0.249 e. The summed E-state index contributed by atoms with van der Waals surface area (Å²) in [6.07, 6.45) is 2.41. The third-order valence-electron chi connectivity index (χ3n) is 3.05. The molecule has 3 heterocycles. The second-order valence-corrected chi connectivity index (χ2v) is 4.60. The second kappa shape index (κ2) is 4.15. The van der Waals surface area contributed by atoms with Gasteiger partial charge in [-0.15, -0.1) is 0 Å². The largest absolute Gasteiger partial charge is 0.379 e. The van der Waals surface area contributed by atoms with Gasteiger partial charge >= 0.3 is 0 Å². The van der Waals surface area contributed by atoms with Gasteiger partial charge in [0.1, 0.15) is 11.2 Å². The van der Waals surface area contributed by atoms with Gasteiger partial charge in [-0.2, -0.15) is 4.98 Å². The Morgan fingerprint density at radius 3 is 3.06 bits per heavy atom. The van der Waals surface area contributed by atoms with Gasteiger partial charge < -0.3 is 15.0 Å². The third-order valence-corrected chi connectivity index (χ3v) is 3.05. The van der Waals surface area contributed by atoms with Gasteiger partial charge in [0.05, 0.1) is 6.61 Å². The van der Waals surface area contributed by atoms with Gasteiger partial charge in [-0.3, -0.25) is 4.98 Å². The van der Waals surface area contributed by atoms with E-state index in [0.717, 1.165) is 5.56 Å². The topological polar surface area (TPSA) is 87.1 Å². The minimum absolute atomic E-state index is 0.413. The molecular weight excluding hydrogens is 232 g/mol. The van der Waals surface area contributed by atoms with Gasteiger partial charge in [0, 0.05) is 12.8 Å². The van der Waals surface area contributed by atoms with Crippen molar-refractivity contribution in [2.24, 2.45) is 5.73 Å². The molecule has 1 aliphatic heterocycles. The molecule has 18 heavy (non-hydrogen) atoms. The lowest BCUT2D eigenvalue weighted by Crippen LogP contribution is -2.37. The lowest BCUT2D eigenvalue weighted by molar-refractivity contribution is 0.166. The molecule has 2 aromatic rings. The average molecular weight is 246 g/mol. The molecule has 6 nitrogen and oxygen atoms in total. The number of hydrogen-bond acceptors (Lipinski definition) is 6. The minimum atomic E-state index is -0.658. The highest BCUT2D eigenvalue weighted by Crippen LogP contribution is 2.27. The summed E-state index contributed by atoms with van der Waals surface area (Å²) in [5, 5.41) is 3.93. The van der Waals surface area contributed by atoms with E-state index in [1.165, 1.54) is 0 Å². The van der Waals surface area contributed by atoms with Crippen LogP contribution in [0.2, 0.25) is 0 Å². The molecule has 0 aliphatic carbocycles. The van der Waals surface area contributed by atoms with E-state index < -0.39 is 5.54 Å². The normalized spacial score (nSPS) is 23.4. The van der Waals surface area contributed by atoms with E-state index in [2.05, 4.69) is 15.1 Å². The van der Waals surface area contributed by atoms with Gasteiger partial charge in [-0.25, -0.2) is 0 Å². The Morgan fingerprint density at radius 1 is 1.44 bits per heavy atom. The Balaban J connectivity index is 1.94. The van der Waals surface area contributed by atoms with Crippen LogP contribution in [0.3, 0.4) is 0 Å². The van der Waals surface area contributed by atoms with Crippen molar-refractivity contribution in [1.29, 1.82) is 0 Å². The highest BCUT2D eigenvalue weighted by molar-refractivity contribution is 5.49. The van der Waals surface area contributed by atoms with Crippen LogP contribution >= 0.6 is 0 Å². The highest BCUT2D eigenvalue weighted by atomic mass is 16.5. The molecule has 94 valence electrons. The highest BCUT2D eigenvalue weighted by Gasteiger charge is 2.38. The fourth-order valence-corrected chi connectivity index (χ4v) is 1.94. The quantitative estimate of drug-likeness (QED) is 0.851. The molecule has 0 amide bonds. The molecule has 0 radical (unpaired) electrons. The number of aryl methyl sites for hydroxylation is 1. The van der Waals surface area contributed by atoms with Crippen LogP contribution < -0.4 is 5.73 Å². The minimum Gasteiger partial charge on any atom is -0.379 e. The van der Waals surface area contributed by atoms with Crippen molar-refractivity contribution in [3.63, 3.8) is 0 Å². The van der Waals surface area contributed by atoms with E-state index in [4.69, 9.17) is 15.0 Å². The standard InChI is InChI=1S/C12H14N4O2/c1-8-2-4-14-9(6-8)10-15-11(18-16-10)12(13)3-5-17-7-12/h2,4,6H,3,5,7,13H2,1H3. The molecule has 6 heteroatoms. The first-order valence-electron chi connectivity index (χ1n) is 5.81. The first-order chi connectivity index (χ1) is 8.67. The predicted molar refractivity (Wildman–Crippen MR) is 63.6 cm³/mol. The summed E-state index contributed by atoms with van der Waals surface area (Å²) < 4.78 is 10.5. The van der Waals surface area contributed by atoms with Gasteiger partial charge in [-0.05, 0) is 31.0 Å². The first-order valence-corrected chi connectivity index (χ1v) is 5.81. The fraction of sp³-hybridized carbons (Fsp3) is 0.417. The average Bonchev–Trinajstić information content (AvgIpc) is 2.98. The molecule has 0 bridgehead atoms. The molecule has 1 saturated heterocycles. The van der Waals surface area contributed by atoms with E-state index in [1.807, 2.05) is 19.1 Å². The smallest absolute Gasteiger partial charge is 0.249 e. The lowest BCUT2D eigenvalue weighted by atomic mass is 10.0. The molecule has 1 atom stereocenters. The van der Waals surface area contributed by atoms with E-state index in [-0.39, 0.29) is 0 Å². The molecule has 1 fully saturated rings. The SMILES string of the molecule is Cc1ccnc(-c2noc(C3(N)CCOC3)n2)c1. The van der Waals surface area contributed by atoms with Crippen molar-refractivity contribution in [1.82, 2.24) is 15.1 Å². The van der Waals surface area contributed by atoms with Gasteiger partial charge in [-0.1, -0.05) is 5.16 Å². The van der Waals surface area contributed by atoms with Crippen molar-refractivity contribution in [3.8, 4) is 11.5 Å². The summed E-state index contributed by atoms with van der Waals surface area (Å²) in [6.45, 7) is 3.02. The number of aromatic nitrogens is 3. The molecule has 0 saturated carbocycles. The van der Waals surface area contributed by atoms with E-state index in [1.54, 1.807) is 6.20 Å². The van der Waals surface area contributed by atoms with Crippen LogP contribution in [0.4, 0.5) is 0 Å². The Labute approximate surface area is 104 Å². The number of ether oxygens (including phenoxy) is 1. The van der Waals surface area contributed by atoms with Crippen molar-refractivity contribution in [2.75, 3.05) is 13.2 Å². The maximum absolute atomic E-state index is 6.16. The molecule has 0 spiro atoms. The maximum atomic E-state index is 6.16. The number of nitrogens with two attached hydrogens (primary N) is 1. The zero-order valence-corrected chi connectivity index (χ0v) is 10.1. The molecule has 2 N–H and O–H groups in total. The number of nitrogens with zero attached hydrogens (tertiary/aromatic N) is 3. The predicted octanol–water partition coefficient (Wildman–Crippen LogP) is 1.01. The third kappa shape index (κ3) is 1.89. The molecule has 1 aliphatic rings. The molecule has 0 aromatic carbocycles. The molecule has 3 rings (SSSR count). The Morgan fingerprint density at radius 2 is 2.33 bits per heavy atom. The van der Waals surface area contributed by atoms with Crippen molar-refractivity contribution in [2.45, 2.75) is 18.9 Å². The van der Waals surface area contributed by atoms with Crippen molar-refractivity contribution in [3.05, 3.63) is 29.8 Å². The number of hydrogen-bond donors (Lipinski definition) is 1. The second-order valence-electron chi connectivity index (χ2n) is 4.60. The number of pyridine rings is 1. The molecular formula is C12H14N4O2. The van der Waals surface area contributed by atoms with Crippen LogP contribution in [0.25, 0.3) is 11.5 Å². The van der Waals surface area contributed by atoms with Crippen LogP contribution in [0.5, 0.6) is 0 Å². The van der Waals surface area contributed by atoms with Crippen LogP contribution in [-0.2, 0) is 10.3 Å². The summed E-state index contributed by atoms with van der Waals surface area (Å²) in [5.74, 6) is 0.878. The number of rotatable bonds is 2. The van der Waals surface area contributed by atoms with Crippen LogP contribution in [0, 0.1) is 6.92 Å². The van der Waals surface area contributed by atoms with E-state index in [9.17, 15) is 0 Å². The summed E-state index contributed by atoms with van der Waals surface area (Å²) in [6, 6.07) is 3.82. The Kier molecular flexibility index (Phi) is 2.61. The van der Waals surface area contributed by atoms with Gasteiger partial charge in [0.15, 0.2) is 0 Å². The molecule has 2 aromatic heterocycles. The molecule has 1 unspecified atom stereocenters. The fourth-order valence-electron chi connectivity index (χ4n) is 1.94. The zero-order valence-electron chi connectivity index (χ0n) is 10.1. The van der Waals surface area contributed by atoms with Crippen molar-refractivity contribution >= 4 is 0 Å².